The lowest BCUT2D eigenvalue weighted by molar-refractivity contribution is -0.144. The number of aromatic nitrogens is 2. The zero-order valence-electron chi connectivity index (χ0n) is 22.7. The average Bonchev–Trinajstić information content (AvgIpc) is 2.96. The van der Waals surface area contributed by atoms with Gasteiger partial charge in [0.15, 0.2) is 0 Å². The molecule has 1 amide bonds. The van der Waals surface area contributed by atoms with Crippen molar-refractivity contribution in [3.05, 3.63) is 94.5 Å². The standard InChI is InChI=1S/C30H31N3O7/c1-4-38-28(34)20-32(30(36)40-25-15-13-23(37-3)14-16-25)19-22-9-11-24(12-10-22)39-18-17-33-21(2)31-27-8-6-5-7-26(27)29(33)35/h5-16H,4,17-20H2,1-3H3. The van der Waals surface area contributed by atoms with Gasteiger partial charge in [0, 0.05) is 6.54 Å². The number of ether oxygens (including phenoxy) is 4. The Hall–Kier alpha value is -4.86. The Morgan fingerprint density at radius 2 is 1.60 bits per heavy atom. The lowest BCUT2D eigenvalue weighted by Crippen LogP contribution is -2.38. The van der Waals surface area contributed by atoms with Crippen molar-refractivity contribution in [3.63, 3.8) is 0 Å². The summed E-state index contributed by atoms with van der Waals surface area (Å²) in [4.78, 5) is 43.7. The highest BCUT2D eigenvalue weighted by Gasteiger charge is 2.21. The van der Waals surface area contributed by atoms with Crippen LogP contribution in [0.1, 0.15) is 18.3 Å². The van der Waals surface area contributed by atoms with E-state index in [1.54, 1.807) is 80.1 Å². The fourth-order valence-electron chi connectivity index (χ4n) is 4.07. The Morgan fingerprint density at radius 1 is 0.925 bits per heavy atom. The maximum atomic E-state index is 12.9. The molecule has 0 aliphatic rings. The summed E-state index contributed by atoms with van der Waals surface area (Å²) in [6.07, 6.45) is -0.691. The lowest BCUT2D eigenvalue weighted by Gasteiger charge is -2.21. The van der Waals surface area contributed by atoms with Gasteiger partial charge in [0.2, 0.25) is 0 Å². The van der Waals surface area contributed by atoms with Crippen molar-refractivity contribution in [3.8, 4) is 17.2 Å². The second kappa shape index (κ2) is 13.3. The summed E-state index contributed by atoms with van der Waals surface area (Å²) in [6, 6.07) is 20.9. The molecule has 4 rings (SSSR count). The third-order valence-corrected chi connectivity index (χ3v) is 6.08. The van der Waals surface area contributed by atoms with Crippen LogP contribution < -0.4 is 19.8 Å². The number of methoxy groups -OCH3 is 1. The summed E-state index contributed by atoms with van der Waals surface area (Å²) < 4.78 is 23.1. The van der Waals surface area contributed by atoms with Gasteiger partial charge in [0.1, 0.15) is 36.2 Å². The Bertz CT molecular complexity index is 1520. The van der Waals surface area contributed by atoms with Crippen molar-refractivity contribution >= 4 is 23.0 Å². The third kappa shape index (κ3) is 7.16. The van der Waals surface area contributed by atoms with Gasteiger partial charge in [0.25, 0.3) is 5.56 Å². The molecule has 40 heavy (non-hydrogen) atoms. The molecule has 10 nitrogen and oxygen atoms in total. The molecule has 4 aromatic rings. The van der Waals surface area contributed by atoms with E-state index in [2.05, 4.69) is 4.98 Å². The highest BCUT2D eigenvalue weighted by Crippen LogP contribution is 2.19. The normalized spacial score (nSPS) is 10.7. The number of carbonyl (C=O) groups is 2. The molecule has 208 valence electrons. The predicted molar refractivity (Wildman–Crippen MR) is 149 cm³/mol. The summed E-state index contributed by atoms with van der Waals surface area (Å²) in [5, 5.41) is 0.565. The summed E-state index contributed by atoms with van der Waals surface area (Å²) in [5.74, 6) is 1.62. The Kier molecular flexibility index (Phi) is 9.35. The first-order chi connectivity index (χ1) is 19.4. The van der Waals surface area contributed by atoms with E-state index in [0.29, 0.717) is 40.5 Å². The van der Waals surface area contributed by atoms with Crippen LogP contribution >= 0.6 is 0 Å². The number of para-hydroxylation sites is 1. The van der Waals surface area contributed by atoms with Crippen molar-refractivity contribution in [2.75, 3.05) is 26.9 Å². The minimum atomic E-state index is -0.691. The van der Waals surface area contributed by atoms with Gasteiger partial charge >= 0.3 is 12.1 Å². The van der Waals surface area contributed by atoms with Crippen LogP contribution in [0.5, 0.6) is 17.2 Å². The van der Waals surface area contributed by atoms with Crippen LogP contribution in [0.2, 0.25) is 0 Å². The number of nitrogens with zero attached hydrogens (tertiary/aromatic N) is 3. The number of rotatable bonds is 11. The van der Waals surface area contributed by atoms with E-state index >= 15 is 0 Å². The topological polar surface area (TPSA) is 109 Å². The highest BCUT2D eigenvalue weighted by molar-refractivity contribution is 5.79. The summed E-state index contributed by atoms with van der Waals surface area (Å²) in [5.41, 5.74) is 1.32. The van der Waals surface area contributed by atoms with Crippen molar-refractivity contribution in [1.82, 2.24) is 14.5 Å². The fraction of sp³-hybridized carbons (Fsp3) is 0.267. The van der Waals surface area contributed by atoms with E-state index in [1.807, 2.05) is 18.2 Å². The molecule has 0 atom stereocenters. The van der Waals surface area contributed by atoms with Crippen LogP contribution in [-0.2, 0) is 22.6 Å². The van der Waals surface area contributed by atoms with Gasteiger partial charge in [-0.2, -0.15) is 0 Å². The number of aryl methyl sites for hydroxylation is 1. The van der Waals surface area contributed by atoms with Gasteiger partial charge in [-0.05, 0) is 67.9 Å². The zero-order chi connectivity index (χ0) is 28.5. The number of hydrogen-bond donors (Lipinski definition) is 0. The molecule has 0 saturated carbocycles. The molecular formula is C30H31N3O7. The van der Waals surface area contributed by atoms with Crippen molar-refractivity contribution in [2.45, 2.75) is 26.9 Å². The van der Waals surface area contributed by atoms with E-state index in [0.717, 1.165) is 5.56 Å². The van der Waals surface area contributed by atoms with Crippen LogP contribution in [0.25, 0.3) is 10.9 Å². The van der Waals surface area contributed by atoms with Gasteiger partial charge in [-0.1, -0.05) is 24.3 Å². The highest BCUT2D eigenvalue weighted by atomic mass is 16.6. The number of amides is 1. The van der Waals surface area contributed by atoms with Gasteiger partial charge < -0.3 is 18.9 Å². The molecule has 3 aromatic carbocycles. The van der Waals surface area contributed by atoms with Crippen LogP contribution in [0, 0.1) is 6.92 Å². The van der Waals surface area contributed by atoms with Crippen molar-refractivity contribution < 1.29 is 28.5 Å². The molecular weight excluding hydrogens is 514 g/mol. The van der Waals surface area contributed by atoms with Crippen molar-refractivity contribution in [2.24, 2.45) is 0 Å². The minimum absolute atomic E-state index is 0.106. The quantitative estimate of drug-likeness (QED) is 0.256. The molecule has 0 N–H and O–H groups in total. The monoisotopic (exact) mass is 545 g/mol. The van der Waals surface area contributed by atoms with Gasteiger partial charge in [0.05, 0.1) is 31.2 Å². The summed E-state index contributed by atoms with van der Waals surface area (Å²) >= 11 is 0. The van der Waals surface area contributed by atoms with Crippen LogP contribution in [0.4, 0.5) is 4.79 Å². The molecule has 0 bridgehead atoms. The van der Waals surface area contributed by atoms with E-state index in [1.165, 1.54) is 4.90 Å². The van der Waals surface area contributed by atoms with Gasteiger partial charge in [-0.25, -0.2) is 9.78 Å². The first-order valence-corrected chi connectivity index (χ1v) is 12.8. The average molecular weight is 546 g/mol. The minimum Gasteiger partial charge on any atom is -0.497 e. The predicted octanol–water partition coefficient (Wildman–Crippen LogP) is 4.36. The molecule has 0 aliphatic heterocycles. The van der Waals surface area contributed by atoms with Crippen molar-refractivity contribution in [1.29, 1.82) is 0 Å². The third-order valence-electron chi connectivity index (χ3n) is 6.08. The summed E-state index contributed by atoms with van der Waals surface area (Å²) in [7, 11) is 1.54. The van der Waals surface area contributed by atoms with E-state index in [-0.39, 0.29) is 31.9 Å². The maximum Gasteiger partial charge on any atom is 0.416 e. The van der Waals surface area contributed by atoms with E-state index < -0.39 is 12.1 Å². The van der Waals surface area contributed by atoms with Gasteiger partial charge in [-0.15, -0.1) is 0 Å². The number of benzene rings is 3. The second-order valence-electron chi connectivity index (χ2n) is 8.83. The summed E-state index contributed by atoms with van der Waals surface area (Å²) in [6.45, 7) is 4.15. The number of esters is 1. The molecule has 0 spiro atoms. The van der Waals surface area contributed by atoms with E-state index in [9.17, 15) is 14.4 Å². The van der Waals surface area contributed by atoms with Crippen LogP contribution in [0.15, 0.2) is 77.6 Å². The largest absolute Gasteiger partial charge is 0.497 e. The molecule has 0 unspecified atom stereocenters. The lowest BCUT2D eigenvalue weighted by atomic mass is 10.2. The Morgan fingerprint density at radius 3 is 2.30 bits per heavy atom. The molecule has 10 heteroatoms. The van der Waals surface area contributed by atoms with Gasteiger partial charge in [-0.3, -0.25) is 19.1 Å². The molecule has 0 saturated heterocycles. The first-order valence-electron chi connectivity index (χ1n) is 12.8. The number of carbonyl (C=O) groups excluding carboxylic acids is 2. The molecule has 1 heterocycles. The van der Waals surface area contributed by atoms with Crippen LogP contribution in [0.3, 0.4) is 0 Å². The maximum absolute atomic E-state index is 12.9. The Balaban J connectivity index is 1.38. The zero-order valence-corrected chi connectivity index (χ0v) is 22.7. The SMILES string of the molecule is CCOC(=O)CN(Cc1ccc(OCCn2c(C)nc3ccccc3c2=O)cc1)C(=O)Oc1ccc(OC)cc1. The van der Waals surface area contributed by atoms with Crippen LogP contribution in [-0.4, -0.2) is 53.4 Å². The second-order valence-corrected chi connectivity index (χ2v) is 8.83. The fourth-order valence-corrected chi connectivity index (χ4v) is 4.07. The smallest absolute Gasteiger partial charge is 0.416 e. The molecule has 0 radical (unpaired) electrons. The van der Waals surface area contributed by atoms with E-state index in [4.69, 9.17) is 18.9 Å². The molecule has 1 aromatic heterocycles. The Labute approximate surface area is 231 Å². The number of hydrogen-bond acceptors (Lipinski definition) is 8. The molecule has 0 aliphatic carbocycles. The number of fused-ring (bicyclic) bond motifs is 1. The molecule has 0 fully saturated rings. The first kappa shape index (κ1) is 28.2.